The van der Waals surface area contributed by atoms with E-state index in [1.165, 1.54) is 17.7 Å². The lowest BCUT2D eigenvalue weighted by molar-refractivity contribution is -0.110. The molecule has 3 aromatic rings. The molecule has 0 unspecified atom stereocenters. The normalized spacial score (nSPS) is 14.5. The van der Waals surface area contributed by atoms with Crippen LogP contribution >= 0.6 is 22.6 Å². The fraction of sp³-hybridized carbons (Fsp3) is 0.125. The zero-order valence-electron chi connectivity index (χ0n) is 16.7. The molecule has 0 radical (unpaired) electrons. The number of carbonyl (C=O) groups is 1. The van der Waals surface area contributed by atoms with Gasteiger partial charge in [0.2, 0.25) is 0 Å². The average Bonchev–Trinajstić information content (AvgIpc) is 3.01. The Morgan fingerprint density at radius 1 is 1.07 bits per heavy atom. The molecule has 0 atom stereocenters. The third-order valence-electron chi connectivity index (χ3n) is 4.81. The first-order valence-electron chi connectivity index (χ1n) is 9.53. The van der Waals surface area contributed by atoms with Crippen LogP contribution in [0.25, 0.3) is 11.3 Å². The van der Waals surface area contributed by atoms with Crippen molar-refractivity contribution in [1.82, 2.24) is 4.90 Å². The van der Waals surface area contributed by atoms with Crippen molar-refractivity contribution in [1.29, 1.82) is 0 Å². The Morgan fingerprint density at radius 3 is 2.53 bits per heavy atom. The van der Waals surface area contributed by atoms with Gasteiger partial charge in [0.25, 0.3) is 5.91 Å². The first-order chi connectivity index (χ1) is 14.4. The van der Waals surface area contributed by atoms with E-state index in [0.29, 0.717) is 22.5 Å². The van der Waals surface area contributed by atoms with Gasteiger partial charge in [0.05, 0.1) is 17.0 Å². The molecule has 0 fully saturated rings. The van der Waals surface area contributed by atoms with Gasteiger partial charge < -0.3 is 15.5 Å². The molecule has 6 heteroatoms. The minimum Gasteiger partial charge on any atom is -0.354 e. The van der Waals surface area contributed by atoms with Crippen molar-refractivity contribution in [3.05, 3.63) is 92.8 Å². The van der Waals surface area contributed by atoms with Crippen LogP contribution in [0, 0.1) is 9.39 Å². The lowest BCUT2D eigenvalue weighted by Crippen LogP contribution is -2.11. The Bertz CT molecular complexity index is 1140. The number of hydrogen-bond acceptors (Lipinski definition) is 3. The van der Waals surface area contributed by atoms with Crippen LogP contribution in [0.5, 0.6) is 0 Å². The van der Waals surface area contributed by atoms with Gasteiger partial charge in [-0.1, -0.05) is 24.3 Å². The van der Waals surface area contributed by atoms with Gasteiger partial charge in [-0.3, -0.25) is 4.79 Å². The van der Waals surface area contributed by atoms with Gasteiger partial charge >= 0.3 is 0 Å². The molecule has 1 aliphatic heterocycles. The molecule has 4 rings (SSSR count). The second-order valence-corrected chi connectivity index (χ2v) is 8.71. The van der Waals surface area contributed by atoms with Gasteiger partial charge in [-0.15, -0.1) is 0 Å². The SMILES string of the molecule is CN(C)Cc1ccc(N/C(=C2\C(=O)Nc3cc(F)ccc32)c2cccc(I)c2)cc1. The number of hydrogen-bond donors (Lipinski definition) is 2. The van der Waals surface area contributed by atoms with Crippen molar-refractivity contribution in [2.45, 2.75) is 6.54 Å². The third-order valence-corrected chi connectivity index (χ3v) is 5.48. The van der Waals surface area contributed by atoms with E-state index in [-0.39, 0.29) is 11.7 Å². The Morgan fingerprint density at radius 2 is 1.83 bits per heavy atom. The van der Waals surface area contributed by atoms with Crippen molar-refractivity contribution in [3.63, 3.8) is 0 Å². The number of amides is 1. The zero-order valence-corrected chi connectivity index (χ0v) is 18.8. The number of anilines is 2. The first kappa shape index (κ1) is 20.6. The number of carbonyl (C=O) groups excluding carboxylic acids is 1. The maximum atomic E-state index is 13.7. The molecular weight excluding hydrogens is 492 g/mol. The number of benzene rings is 3. The van der Waals surface area contributed by atoms with E-state index in [9.17, 15) is 9.18 Å². The minimum atomic E-state index is -0.379. The zero-order chi connectivity index (χ0) is 21.3. The predicted molar refractivity (Wildman–Crippen MR) is 128 cm³/mol. The van der Waals surface area contributed by atoms with Crippen LogP contribution < -0.4 is 10.6 Å². The van der Waals surface area contributed by atoms with Crippen LogP contribution in [0.15, 0.2) is 66.7 Å². The molecule has 1 amide bonds. The molecule has 0 bridgehead atoms. The molecule has 4 nitrogen and oxygen atoms in total. The lowest BCUT2D eigenvalue weighted by atomic mass is 10.00. The third kappa shape index (κ3) is 4.39. The second kappa shape index (κ2) is 8.57. The lowest BCUT2D eigenvalue weighted by Gasteiger charge is -2.16. The molecule has 0 aliphatic carbocycles. The summed E-state index contributed by atoms with van der Waals surface area (Å²) >= 11 is 2.25. The van der Waals surface area contributed by atoms with Gasteiger partial charge in [0.1, 0.15) is 5.82 Å². The van der Waals surface area contributed by atoms with Gasteiger partial charge in [0, 0.05) is 21.4 Å². The molecule has 0 aromatic heterocycles. The van der Waals surface area contributed by atoms with E-state index in [4.69, 9.17) is 0 Å². The Hall–Kier alpha value is -2.71. The van der Waals surface area contributed by atoms with Crippen LogP contribution in [0.2, 0.25) is 0 Å². The van der Waals surface area contributed by atoms with Crippen molar-refractivity contribution < 1.29 is 9.18 Å². The van der Waals surface area contributed by atoms with Crippen molar-refractivity contribution in [2.24, 2.45) is 0 Å². The summed E-state index contributed by atoms with van der Waals surface area (Å²) in [6, 6.07) is 20.5. The first-order valence-corrected chi connectivity index (χ1v) is 10.6. The topological polar surface area (TPSA) is 44.4 Å². The monoisotopic (exact) mass is 513 g/mol. The maximum Gasteiger partial charge on any atom is 0.258 e. The Labute approximate surface area is 188 Å². The van der Waals surface area contributed by atoms with E-state index in [1.54, 1.807) is 6.07 Å². The highest BCUT2D eigenvalue weighted by molar-refractivity contribution is 14.1. The highest BCUT2D eigenvalue weighted by Crippen LogP contribution is 2.38. The molecule has 1 aliphatic rings. The van der Waals surface area contributed by atoms with Crippen LogP contribution in [0.4, 0.5) is 15.8 Å². The summed E-state index contributed by atoms with van der Waals surface area (Å²) in [7, 11) is 4.06. The molecule has 0 saturated carbocycles. The highest BCUT2D eigenvalue weighted by Gasteiger charge is 2.28. The van der Waals surface area contributed by atoms with Crippen LogP contribution in [-0.4, -0.2) is 24.9 Å². The summed E-state index contributed by atoms with van der Waals surface area (Å²) in [5.41, 5.74) is 5.34. The molecule has 30 heavy (non-hydrogen) atoms. The molecule has 0 saturated heterocycles. The number of nitrogens with zero attached hydrogens (tertiary/aromatic N) is 1. The number of fused-ring (bicyclic) bond motifs is 1. The van der Waals surface area contributed by atoms with E-state index in [0.717, 1.165) is 21.4 Å². The van der Waals surface area contributed by atoms with Crippen LogP contribution in [0.1, 0.15) is 16.7 Å². The van der Waals surface area contributed by atoms with Crippen LogP contribution in [0.3, 0.4) is 0 Å². The number of nitrogens with one attached hydrogen (secondary N) is 2. The highest BCUT2D eigenvalue weighted by atomic mass is 127. The summed E-state index contributed by atoms with van der Waals surface area (Å²) in [6.07, 6.45) is 0. The quantitative estimate of drug-likeness (QED) is 0.354. The van der Waals surface area contributed by atoms with Crippen molar-refractivity contribution in [3.8, 4) is 0 Å². The fourth-order valence-electron chi connectivity index (χ4n) is 3.52. The van der Waals surface area contributed by atoms with E-state index >= 15 is 0 Å². The summed E-state index contributed by atoms with van der Waals surface area (Å²) in [4.78, 5) is 15.0. The number of halogens is 2. The average molecular weight is 513 g/mol. The molecule has 2 N–H and O–H groups in total. The summed E-state index contributed by atoms with van der Waals surface area (Å²) in [5, 5.41) is 6.22. The molecule has 1 heterocycles. The predicted octanol–water partition coefficient (Wildman–Crippen LogP) is 5.42. The Balaban J connectivity index is 1.81. The number of rotatable bonds is 5. The molecule has 3 aromatic carbocycles. The summed E-state index contributed by atoms with van der Waals surface area (Å²) in [5.74, 6) is -0.628. The van der Waals surface area contributed by atoms with Gasteiger partial charge in [0.15, 0.2) is 0 Å². The van der Waals surface area contributed by atoms with E-state index in [1.807, 2.05) is 50.5 Å². The molecular formula is C24H21FIN3O. The van der Waals surface area contributed by atoms with Crippen molar-refractivity contribution in [2.75, 3.05) is 24.7 Å². The van der Waals surface area contributed by atoms with Crippen molar-refractivity contribution >= 4 is 51.1 Å². The second-order valence-electron chi connectivity index (χ2n) is 7.46. The summed E-state index contributed by atoms with van der Waals surface area (Å²) < 4.78 is 14.7. The Kier molecular flexibility index (Phi) is 5.87. The largest absolute Gasteiger partial charge is 0.354 e. The van der Waals surface area contributed by atoms with E-state index in [2.05, 4.69) is 50.3 Å². The van der Waals surface area contributed by atoms with Gasteiger partial charge in [-0.25, -0.2) is 4.39 Å². The maximum absolute atomic E-state index is 13.7. The molecule has 0 spiro atoms. The van der Waals surface area contributed by atoms with E-state index < -0.39 is 0 Å². The van der Waals surface area contributed by atoms with Gasteiger partial charge in [-0.2, -0.15) is 0 Å². The minimum absolute atomic E-state index is 0.249. The summed E-state index contributed by atoms with van der Waals surface area (Å²) in [6.45, 7) is 0.854. The molecule has 152 valence electrons. The fourth-order valence-corrected chi connectivity index (χ4v) is 4.06. The van der Waals surface area contributed by atoms with Gasteiger partial charge in [-0.05, 0) is 90.3 Å². The standard InChI is InChI=1S/C24H21FIN3O/c1-29(2)14-15-6-9-19(10-7-15)27-23(16-4-3-5-18(26)12-16)22-20-11-8-17(25)13-21(20)28-24(22)30/h3-13,27H,14H2,1-2H3,(H,28,30)/b23-22-. The van der Waals surface area contributed by atoms with Crippen LogP contribution in [-0.2, 0) is 11.3 Å². The smallest absolute Gasteiger partial charge is 0.258 e.